The van der Waals surface area contributed by atoms with Crippen LogP contribution in [0.2, 0.25) is 0 Å². The number of ether oxygens (including phenoxy) is 1. The van der Waals surface area contributed by atoms with E-state index in [2.05, 4.69) is 20.8 Å². The Morgan fingerprint density at radius 2 is 1.57 bits per heavy atom. The summed E-state index contributed by atoms with van der Waals surface area (Å²) < 4.78 is 5.41. The molecule has 0 aromatic rings. The second-order valence-corrected chi connectivity index (χ2v) is 6.00. The first-order valence-corrected chi connectivity index (χ1v) is 5.26. The molecule has 0 aromatic carbocycles. The predicted octanol–water partition coefficient (Wildman–Crippen LogP) is 3.20. The minimum atomic E-state index is -0.211. The number of carbonyl (C=O) groups excluding carboxylic acids is 1. The molecule has 84 valence electrons. The first-order valence-electron chi connectivity index (χ1n) is 5.26. The van der Waals surface area contributed by atoms with Crippen LogP contribution in [0.15, 0.2) is 0 Å². The van der Waals surface area contributed by atoms with Crippen LogP contribution in [-0.4, -0.2) is 18.0 Å². The molecule has 2 nitrogen and oxygen atoms in total. The molecule has 0 rings (SSSR count). The van der Waals surface area contributed by atoms with Gasteiger partial charge in [-0.3, -0.25) is 4.79 Å². The number of rotatable bonds is 4. The van der Waals surface area contributed by atoms with Crippen LogP contribution in [0.25, 0.3) is 0 Å². The molecule has 0 unspecified atom stereocenters. The van der Waals surface area contributed by atoms with Gasteiger partial charge in [-0.25, -0.2) is 0 Å². The number of hydrogen-bond donors (Lipinski definition) is 0. The average molecular weight is 200 g/mol. The smallest absolute Gasteiger partial charge is 0.158 e. The Morgan fingerprint density at radius 3 is 1.93 bits per heavy atom. The highest BCUT2D eigenvalue weighted by Gasteiger charge is 2.15. The van der Waals surface area contributed by atoms with Crippen molar-refractivity contribution in [1.82, 2.24) is 0 Å². The number of carbonyl (C=O) groups is 1. The van der Waals surface area contributed by atoms with Crippen molar-refractivity contribution in [3.63, 3.8) is 0 Å². The van der Waals surface area contributed by atoms with E-state index in [1.807, 2.05) is 20.8 Å². The van der Waals surface area contributed by atoms with Crippen molar-refractivity contribution in [3.05, 3.63) is 0 Å². The lowest BCUT2D eigenvalue weighted by molar-refractivity contribution is -0.128. The van der Waals surface area contributed by atoms with Gasteiger partial charge in [0.25, 0.3) is 0 Å². The van der Waals surface area contributed by atoms with Gasteiger partial charge in [-0.15, -0.1) is 0 Å². The third-order valence-corrected chi connectivity index (χ3v) is 1.82. The Labute approximate surface area is 88.0 Å². The zero-order valence-corrected chi connectivity index (χ0v) is 10.4. The quantitative estimate of drug-likeness (QED) is 0.696. The summed E-state index contributed by atoms with van der Waals surface area (Å²) in [6.45, 7) is 12.6. The predicted molar refractivity (Wildman–Crippen MR) is 59.4 cm³/mol. The van der Waals surface area contributed by atoms with E-state index < -0.39 is 0 Å². The summed E-state index contributed by atoms with van der Waals surface area (Å²) in [7, 11) is 0. The van der Waals surface area contributed by atoms with Gasteiger partial charge >= 0.3 is 0 Å². The molecule has 0 aliphatic rings. The Balaban J connectivity index is 3.68. The van der Waals surface area contributed by atoms with Gasteiger partial charge in [-0.2, -0.15) is 0 Å². The lowest BCUT2D eigenvalue weighted by Crippen LogP contribution is -2.24. The van der Waals surface area contributed by atoms with E-state index in [0.29, 0.717) is 6.42 Å². The first kappa shape index (κ1) is 13.6. The number of hydrogen-bond acceptors (Lipinski definition) is 2. The van der Waals surface area contributed by atoms with Crippen LogP contribution < -0.4 is 0 Å². The van der Waals surface area contributed by atoms with Crippen LogP contribution in [0.4, 0.5) is 0 Å². The molecule has 0 amide bonds. The van der Waals surface area contributed by atoms with Crippen molar-refractivity contribution in [3.8, 4) is 0 Å². The minimum Gasteiger partial charge on any atom is -0.368 e. The maximum absolute atomic E-state index is 11.4. The van der Waals surface area contributed by atoms with Gasteiger partial charge in [-0.1, -0.05) is 20.8 Å². The Hall–Kier alpha value is -0.370. The highest BCUT2D eigenvalue weighted by atomic mass is 16.5. The van der Waals surface area contributed by atoms with Gasteiger partial charge in [0.05, 0.1) is 5.60 Å². The Kier molecular flexibility index (Phi) is 4.79. The molecule has 0 aliphatic carbocycles. The minimum absolute atomic E-state index is 0.204. The molecule has 0 saturated carbocycles. The molecular weight excluding hydrogens is 176 g/mol. The van der Waals surface area contributed by atoms with E-state index in [1.165, 1.54) is 0 Å². The van der Waals surface area contributed by atoms with E-state index in [4.69, 9.17) is 4.74 Å². The van der Waals surface area contributed by atoms with E-state index in [0.717, 1.165) is 6.42 Å². The van der Waals surface area contributed by atoms with Crippen molar-refractivity contribution in [1.29, 1.82) is 0 Å². The summed E-state index contributed by atoms with van der Waals surface area (Å²) in [5, 5.41) is 0. The molecular formula is C12H24O2. The Morgan fingerprint density at radius 1 is 1.07 bits per heavy atom. The van der Waals surface area contributed by atoms with Crippen molar-refractivity contribution in [2.75, 3.05) is 6.61 Å². The average Bonchev–Trinajstić information content (AvgIpc) is 1.94. The third-order valence-electron chi connectivity index (χ3n) is 1.82. The van der Waals surface area contributed by atoms with Gasteiger partial charge in [-0.05, 0) is 32.6 Å². The summed E-state index contributed by atoms with van der Waals surface area (Å²) >= 11 is 0. The third kappa shape index (κ3) is 9.72. The second-order valence-electron chi connectivity index (χ2n) is 6.00. The van der Waals surface area contributed by atoms with Crippen molar-refractivity contribution >= 4 is 5.78 Å². The van der Waals surface area contributed by atoms with Crippen molar-refractivity contribution in [2.24, 2.45) is 5.41 Å². The molecule has 0 atom stereocenters. The summed E-state index contributed by atoms with van der Waals surface area (Å²) in [5.74, 6) is 0.204. The van der Waals surface area contributed by atoms with Gasteiger partial charge in [0, 0.05) is 6.42 Å². The van der Waals surface area contributed by atoms with Crippen LogP contribution in [0.1, 0.15) is 54.4 Å². The molecule has 0 bridgehead atoms. The molecule has 0 radical (unpaired) electrons. The summed E-state index contributed by atoms with van der Waals surface area (Å²) in [6, 6.07) is 0. The van der Waals surface area contributed by atoms with E-state index in [9.17, 15) is 4.79 Å². The molecule has 0 aromatic heterocycles. The highest BCUT2D eigenvalue weighted by molar-refractivity contribution is 5.79. The van der Waals surface area contributed by atoms with Crippen LogP contribution in [0, 0.1) is 5.41 Å². The molecule has 0 N–H and O–H groups in total. The molecule has 0 heterocycles. The van der Waals surface area contributed by atoms with Gasteiger partial charge in [0.2, 0.25) is 0 Å². The Bertz CT molecular complexity index is 161. The van der Waals surface area contributed by atoms with Crippen molar-refractivity contribution in [2.45, 2.75) is 60.0 Å². The first-order chi connectivity index (χ1) is 6.10. The van der Waals surface area contributed by atoms with Gasteiger partial charge in [0.1, 0.15) is 6.61 Å². The van der Waals surface area contributed by atoms with Crippen LogP contribution in [0.3, 0.4) is 0 Å². The normalized spacial score (nSPS) is 13.0. The fraction of sp³-hybridized carbons (Fsp3) is 0.917. The standard InChI is InChI=1S/C12H24O2/c1-11(2,3)8-7-10(13)9-14-12(4,5)6/h7-9H2,1-6H3. The molecule has 0 aliphatic heterocycles. The zero-order valence-electron chi connectivity index (χ0n) is 10.4. The fourth-order valence-electron chi connectivity index (χ4n) is 0.884. The molecule has 14 heavy (non-hydrogen) atoms. The van der Waals surface area contributed by atoms with E-state index >= 15 is 0 Å². The van der Waals surface area contributed by atoms with Crippen LogP contribution in [-0.2, 0) is 9.53 Å². The summed E-state index contributed by atoms with van der Waals surface area (Å²) in [4.78, 5) is 11.4. The lowest BCUT2D eigenvalue weighted by Gasteiger charge is -2.20. The summed E-state index contributed by atoms with van der Waals surface area (Å²) in [6.07, 6.45) is 1.55. The SMILES string of the molecule is CC(C)(C)CCC(=O)COC(C)(C)C. The second kappa shape index (κ2) is 4.92. The topological polar surface area (TPSA) is 26.3 Å². The monoisotopic (exact) mass is 200 g/mol. The molecule has 0 spiro atoms. The fourth-order valence-corrected chi connectivity index (χ4v) is 0.884. The van der Waals surface area contributed by atoms with Crippen LogP contribution >= 0.6 is 0 Å². The highest BCUT2D eigenvalue weighted by Crippen LogP contribution is 2.20. The number of Topliss-reactive ketones (excluding diaryl/α,β-unsaturated/α-hetero) is 1. The molecule has 2 heteroatoms. The maximum Gasteiger partial charge on any atom is 0.158 e. The molecule has 0 saturated heterocycles. The number of ketones is 1. The van der Waals surface area contributed by atoms with E-state index in [-0.39, 0.29) is 23.4 Å². The largest absolute Gasteiger partial charge is 0.368 e. The van der Waals surface area contributed by atoms with Crippen LogP contribution in [0.5, 0.6) is 0 Å². The van der Waals surface area contributed by atoms with Gasteiger partial charge in [0.15, 0.2) is 5.78 Å². The lowest BCUT2D eigenvalue weighted by atomic mass is 9.90. The van der Waals surface area contributed by atoms with Crippen molar-refractivity contribution < 1.29 is 9.53 Å². The molecule has 0 fully saturated rings. The zero-order chi connectivity index (χ0) is 11.4. The van der Waals surface area contributed by atoms with Gasteiger partial charge < -0.3 is 4.74 Å². The maximum atomic E-state index is 11.4. The summed E-state index contributed by atoms with van der Waals surface area (Å²) in [5.41, 5.74) is 0.0226. The van der Waals surface area contributed by atoms with E-state index in [1.54, 1.807) is 0 Å².